The van der Waals surface area contributed by atoms with Gasteiger partial charge in [0.05, 0.1) is 44.2 Å². The van der Waals surface area contributed by atoms with Crippen LogP contribution in [-0.4, -0.2) is 13.7 Å². The van der Waals surface area contributed by atoms with E-state index in [4.69, 9.17) is 4.42 Å². The molecule has 9 aromatic carbocycles. The summed E-state index contributed by atoms with van der Waals surface area (Å²) in [5, 5.41) is 9.57. The van der Waals surface area contributed by atoms with Crippen molar-refractivity contribution >= 4 is 87.4 Å². The Morgan fingerprint density at radius 3 is 1.40 bits per heavy atom. The summed E-state index contributed by atoms with van der Waals surface area (Å²) in [6, 6.07) is 72.4. The molecule has 4 heteroatoms. The molecule has 58 heavy (non-hydrogen) atoms. The lowest BCUT2D eigenvalue weighted by Crippen LogP contribution is -1.97. The van der Waals surface area contributed by atoms with E-state index in [1.807, 2.05) is 0 Å². The summed E-state index contributed by atoms with van der Waals surface area (Å²) < 4.78 is 14.0. The van der Waals surface area contributed by atoms with E-state index in [0.717, 1.165) is 61.1 Å². The third-order valence-electron chi connectivity index (χ3n) is 12.2. The molecule has 4 nitrogen and oxygen atoms in total. The van der Waals surface area contributed by atoms with E-state index in [2.05, 4.69) is 214 Å². The van der Waals surface area contributed by atoms with Crippen LogP contribution in [0.1, 0.15) is 0 Å². The van der Waals surface area contributed by atoms with E-state index >= 15 is 0 Å². The lowest BCUT2D eigenvalue weighted by atomic mass is 10.0. The van der Waals surface area contributed by atoms with Gasteiger partial charge in [-0.25, -0.2) is 0 Å². The second kappa shape index (κ2) is 11.8. The van der Waals surface area contributed by atoms with Crippen LogP contribution in [0.15, 0.2) is 205 Å². The zero-order chi connectivity index (χ0) is 37.9. The fraction of sp³-hybridized carbons (Fsp3) is 0. The zero-order valence-electron chi connectivity index (χ0n) is 31.3. The Balaban J connectivity index is 1.10. The first kappa shape index (κ1) is 31.4. The van der Waals surface area contributed by atoms with Gasteiger partial charge in [-0.15, -0.1) is 0 Å². The molecule has 0 N–H and O–H groups in total. The highest BCUT2D eigenvalue weighted by atomic mass is 16.3. The van der Waals surface area contributed by atoms with Crippen molar-refractivity contribution in [2.24, 2.45) is 0 Å². The lowest BCUT2D eigenvalue weighted by Gasteiger charge is -2.13. The highest BCUT2D eigenvalue weighted by molar-refractivity contribution is 6.28. The molecular formula is C54H33N3O. The summed E-state index contributed by atoms with van der Waals surface area (Å²) >= 11 is 0. The number of aromatic nitrogens is 3. The van der Waals surface area contributed by atoms with Crippen LogP contribution in [0.5, 0.6) is 0 Å². The molecule has 0 aliphatic carbocycles. The van der Waals surface area contributed by atoms with E-state index in [9.17, 15) is 0 Å². The quantitative estimate of drug-likeness (QED) is 0.177. The Morgan fingerprint density at radius 2 is 0.759 bits per heavy atom. The topological polar surface area (TPSA) is 27.9 Å². The lowest BCUT2D eigenvalue weighted by molar-refractivity contribution is 0.669. The second-order valence-electron chi connectivity index (χ2n) is 15.3. The summed E-state index contributed by atoms with van der Waals surface area (Å²) in [5.41, 5.74) is 14.5. The number of hydrogen-bond donors (Lipinski definition) is 0. The third kappa shape index (κ3) is 4.29. The number of benzene rings is 9. The Labute approximate surface area is 332 Å². The standard InChI is InChI=1S/C54H33N3O/c1-3-15-36(16-4-1)55-44-23-11-7-19-38(44)42-31-34(27-29-47(42)55)35-28-30-48-43(32-35)39-20-8-12-24-45(39)57(48)49-33-51-53(41-22-10-14-26-50(41)58-51)54-52(49)40-21-9-13-25-46(40)56(54)37-17-5-2-6-18-37/h1-33H. The summed E-state index contributed by atoms with van der Waals surface area (Å²) in [5.74, 6) is 0. The maximum absolute atomic E-state index is 6.75. The summed E-state index contributed by atoms with van der Waals surface area (Å²) in [6.07, 6.45) is 0. The Bertz CT molecular complexity index is 3790. The van der Waals surface area contributed by atoms with Gasteiger partial charge in [-0.2, -0.15) is 0 Å². The van der Waals surface area contributed by atoms with Gasteiger partial charge in [0.1, 0.15) is 11.2 Å². The predicted octanol–water partition coefficient (Wildman–Crippen LogP) is 14.5. The molecule has 0 bridgehead atoms. The molecule has 4 heterocycles. The maximum Gasteiger partial charge on any atom is 0.139 e. The van der Waals surface area contributed by atoms with Crippen LogP contribution in [0.3, 0.4) is 0 Å². The van der Waals surface area contributed by atoms with E-state index in [1.165, 1.54) is 54.5 Å². The minimum atomic E-state index is 0.870. The fourth-order valence-corrected chi connectivity index (χ4v) is 9.78. The van der Waals surface area contributed by atoms with Gasteiger partial charge in [0.15, 0.2) is 0 Å². The highest BCUT2D eigenvalue weighted by Gasteiger charge is 2.25. The van der Waals surface area contributed by atoms with Gasteiger partial charge < -0.3 is 18.1 Å². The molecule has 0 atom stereocenters. The number of para-hydroxylation sites is 6. The van der Waals surface area contributed by atoms with Crippen molar-refractivity contribution < 1.29 is 4.42 Å². The van der Waals surface area contributed by atoms with Gasteiger partial charge >= 0.3 is 0 Å². The minimum absolute atomic E-state index is 0.870. The number of rotatable bonds is 4. The fourth-order valence-electron chi connectivity index (χ4n) is 9.78. The van der Waals surface area contributed by atoms with Crippen LogP contribution in [-0.2, 0) is 0 Å². The third-order valence-corrected chi connectivity index (χ3v) is 12.2. The van der Waals surface area contributed by atoms with Gasteiger partial charge in [-0.05, 0) is 83.9 Å². The van der Waals surface area contributed by atoms with Crippen LogP contribution in [0.25, 0.3) is 116 Å². The van der Waals surface area contributed by atoms with Crippen molar-refractivity contribution in [3.8, 4) is 28.2 Å². The van der Waals surface area contributed by atoms with E-state index in [-0.39, 0.29) is 0 Å². The first-order valence-corrected chi connectivity index (χ1v) is 19.9. The first-order valence-electron chi connectivity index (χ1n) is 19.9. The van der Waals surface area contributed by atoms with Gasteiger partial charge in [0, 0.05) is 55.1 Å². The molecule has 0 unspecified atom stereocenters. The summed E-state index contributed by atoms with van der Waals surface area (Å²) in [6.45, 7) is 0. The van der Waals surface area contributed by atoms with E-state index in [1.54, 1.807) is 0 Å². The number of hydrogen-bond acceptors (Lipinski definition) is 1. The van der Waals surface area contributed by atoms with Crippen molar-refractivity contribution in [2.45, 2.75) is 0 Å². The van der Waals surface area contributed by atoms with Crippen LogP contribution in [0, 0.1) is 0 Å². The molecular weight excluding hydrogens is 707 g/mol. The normalized spacial score (nSPS) is 12.1. The molecule has 0 saturated heterocycles. The summed E-state index contributed by atoms with van der Waals surface area (Å²) in [4.78, 5) is 0. The zero-order valence-corrected chi connectivity index (χ0v) is 31.3. The van der Waals surface area contributed by atoms with E-state index < -0.39 is 0 Å². The number of nitrogens with zero attached hydrogens (tertiary/aromatic N) is 3. The van der Waals surface area contributed by atoms with Crippen LogP contribution in [0.2, 0.25) is 0 Å². The molecule has 13 aromatic rings. The SMILES string of the molecule is c1ccc(-n2c3ccccc3c3cc(-c4ccc5c(c4)c4ccccc4n5-c4cc5oc6ccccc6c5c5c4c4ccccc4n5-c4ccccc4)ccc32)cc1. The molecule has 13 rings (SSSR count). The molecule has 0 radical (unpaired) electrons. The van der Waals surface area contributed by atoms with Crippen LogP contribution >= 0.6 is 0 Å². The molecule has 0 amide bonds. The summed E-state index contributed by atoms with van der Waals surface area (Å²) in [7, 11) is 0. The minimum Gasteiger partial charge on any atom is -0.456 e. The van der Waals surface area contributed by atoms with Crippen LogP contribution < -0.4 is 0 Å². The van der Waals surface area contributed by atoms with Crippen molar-refractivity contribution in [2.75, 3.05) is 0 Å². The molecule has 0 aliphatic rings. The van der Waals surface area contributed by atoms with Gasteiger partial charge in [-0.3, -0.25) is 0 Å². The average molecular weight is 740 g/mol. The number of fused-ring (bicyclic) bond motifs is 13. The molecule has 270 valence electrons. The van der Waals surface area contributed by atoms with Crippen molar-refractivity contribution in [3.05, 3.63) is 200 Å². The molecule has 0 spiro atoms. The second-order valence-corrected chi connectivity index (χ2v) is 15.3. The van der Waals surface area contributed by atoms with Crippen LogP contribution in [0.4, 0.5) is 0 Å². The average Bonchev–Trinajstić information content (AvgIpc) is 4.02. The number of furan rings is 1. The van der Waals surface area contributed by atoms with Crippen molar-refractivity contribution in [1.82, 2.24) is 13.7 Å². The van der Waals surface area contributed by atoms with Gasteiger partial charge in [0.25, 0.3) is 0 Å². The molecule has 0 fully saturated rings. The monoisotopic (exact) mass is 739 g/mol. The van der Waals surface area contributed by atoms with Gasteiger partial charge in [0.2, 0.25) is 0 Å². The Morgan fingerprint density at radius 1 is 0.293 bits per heavy atom. The largest absolute Gasteiger partial charge is 0.456 e. The van der Waals surface area contributed by atoms with Crippen molar-refractivity contribution in [1.29, 1.82) is 0 Å². The maximum atomic E-state index is 6.75. The molecule has 0 aliphatic heterocycles. The molecule has 0 saturated carbocycles. The van der Waals surface area contributed by atoms with Crippen molar-refractivity contribution in [3.63, 3.8) is 0 Å². The first-order chi connectivity index (χ1) is 28.8. The predicted molar refractivity (Wildman–Crippen MR) is 242 cm³/mol. The highest BCUT2D eigenvalue weighted by Crippen LogP contribution is 2.46. The smallest absolute Gasteiger partial charge is 0.139 e. The van der Waals surface area contributed by atoms with E-state index in [0.29, 0.717) is 0 Å². The Hall–Kier alpha value is -7.82. The molecule has 4 aromatic heterocycles. The Kier molecular flexibility index (Phi) is 6.41. The van der Waals surface area contributed by atoms with Gasteiger partial charge in [-0.1, -0.05) is 121 Å².